The highest BCUT2D eigenvalue weighted by molar-refractivity contribution is 5.89. The number of hydrogen-bond acceptors (Lipinski definition) is 3. The van der Waals surface area contributed by atoms with E-state index in [1.807, 2.05) is 19.9 Å². The van der Waals surface area contributed by atoms with Crippen molar-refractivity contribution >= 4 is 5.97 Å². The Kier molecular flexibility index (Phi) is 2.02. The van der Waals surface area contributed by atoms with Crippen LogP contribution < -0.4 is 4.74 Å². The summed E-state index contributed by atoms with van der Waals surface area (Å²) in [5.74, 6) is -0.315. The van der Waals surface area contributed by atoms with Gasteiger partial charge in [-0.3, -0.25) is 4.98 Å². The van der Waals surface area contributed by atoms with E-state index in [9.17, 15) is 4.79 Å². The van der Waals surface area contributed by atoms with Crippen molar-refractivity contribution in [3.05, 3.63) is 35.8 Å². The van der Waals surface area contributed by atoms with E-state index >= 15 is 0 Å². The largest absolute Gasteiger partial charge is 0.481 e. The third-order valence-electron chi connectivity index (χ3n) is 3.12. The van der Waals surface area contributed by atoms with Gasteiger partial charge in [0, 0.05) is 17.3 Å². The first-order valence-corrected chi connectivity index (χ1v) is 5.59. The lowest BCUT2D eigenvalue weighted by Crippen LogP contribution is -2.28. The van der Waals surface area contributed by atoms with Crippen LogP contribution in [0, 0.1) is 0 Å². The van der Waals surface area contributed by atoms with Crippen molar-refractivity contribution in [2.45, 2.75) is 19.4 Å². The van der Waals surface area contributed by atoms with Crippen molar-refractivity contribution < 1.29 is 14.6 Å². The number of aromatic nitrogens is 2. The van der Waals surface area contributed by atoms with E-state index in [2.05, 4.69) is 9.97 Å². The SMILES string of the molecule is CC1(C)Oc2cnccc2-c2[nH]c(C(=O)O)cc21. The Morgan fingerprint density at radius 3 is 3.00 bits per heavy atom. The van der Waals surface area contributed by atoms with E-state index in [0.717, 1.165) is 16.8 Å². The van der Waals surface area contributed by atoms with Crippen molar-refractivity contribution in [2.75, 3.05) is 0 Å². The number of nitrogens with zero attached hydrogens (tertiary/aromatic N) is 1. The zero-order valence-electron chi connectivity index (χ0n) is 10.0. The maximum atomic E-state index is 11.1. The molecule has 2 N–H and O–H groups in total. The maximum absolute atomic E-state index is 11.1. The smallest absolute Gasteiger partial charge is 0.352 e. The number of carboxylic acids is 1. The summed E-state index contributed by atoms with van der Waals surface area (Å²) >= 11 is 0. The van der Waals surface area contributed by atoms with Crippen molar-refractivity contribution in [1.29, 1.82) is 0 Å². The van der Waals surface area contributed by atoms with Gasteiger partial charge in [0.25, 0.3) is 0 Å². The van der Waals surface area contributed by atoms with Crippen LogP contribution in [-0.4, -0.2) is 21.0 Å². The topological polar surface area (TPSA) is 75.2 Å². The molecule has 0 amide bonds. The van der Waals surface area contributed by atoms with Crippen molar-refractivity contribution in [1.82, 2.24) is 9.97 Å². The molecule has 1 aliphatic heterocycles. The Balaban J connectivity index is 2.29. The molecule has 18 heavy (non-hydrogen) atoms. The van der Waals surface area contributed by atoms with Gasteiger partial charge in [-0.15, -0.1) is 0 Å². The standard InChI is InChI=1S/C13H12N2O3/c1-13(2)8-5-9(12(16)17)15-11(8)7-3-4-14-6-10(7)18-13/h3-6,15H,1-2H3,(H,16,17). The molecule has 3 heterocycles. The van der Waals surface area contributed by atoms with Gasteiger partial charge in [0.05, 0.1) is 11.9 Å². The van der Waals surface area contributed by atoms with E-state index in [-0.39, 0.29) is 5.69 Å². The second-order valence-corrected chi connectivity index (χ2v) is 4.76. The van der Waals surface area contributed by atoms with Crippen LogP contribution in [0.2, 0.25) is 0 Å². The number of H-pyrrole nitrogens is 1. The Morgan fingerprint density at radius 2 is 2.28 bits per heavy atom. The molecule has 0 atom stereocenters. The van der Waals surface area contributed by atoms with Gasteiger partial charge in [-0.05, 0) is 26.0 Å². The molecule has 1 aliphatic rings. The van der Waals surface area contributed by atoms with Crippen molar-refractivity contribution in [3.8, 4) is 17.0 Å². The zero-order chi connectivity index (χ0) is 12.9. The minimum atomic E-state index is -0.976. The third-order valence-corrected chi connectivity index (χ3v) is 3.12. The number of fused-ring (bicyclic) bond motifs is 3. The van der Waals surface area contributed by atoms with Crippen LogP contribution in [-0.2, 0) is 5.60 Å². The lowest BCUT2D eigenvalue weighted by Gasteiger charge is -2.32. The number of aromatic carboxylic acids is 1. The lowest BCUT2D eigenvalue weighted by molar-refractivity contribution is 0.0691. The molecular formula is C13H12N2O3. The summed E-state index contributed by atoms with van der Waals surface area (Å²) in [6, 6.07) is 3.44. The van der Waals surface area contributed by atoms with E-state index < -0.39 is 11.6 Å². The summed E-state index contributed by atoms with van der Waals surface area (Å²) in [6.45, 7) is 3.81. The molecule has 92 valence electrons. The van der Waals surface area contributed by atoms with E-state index in [1.165, 1.54) is 0 Å². The van der Waals surface area contributed by atoms with Crippen LogP contribution in [0.25, 0.3) is 11.3 Å². The molecule has 5 nitrogen and oxygen atoms in total. The van der Waals surface area contributed by atoms with Crippen molar-refractivity contribution in [3.63, 3.8) is 0 Å². The maximum Gasteiger partial charge on any atom is 0.352 e. The Hall–Kier alpha value is -2.30. The number of hydrogen-bond donors (Lipinski definition) is 2. The van der Waals surface area contributed by atoms with Gasteiger partial charge in [-0.1, -0.05) is 0 Å². The van der Waals surface area contributed by atoms with Crippen LogP contribution >= 0.6 is 0 Å². The van der Waals surface area contributed by atoms with Gasteiger partial charge >= 0.3 is 5.97 Å². The molecule has 0 aromatic carbocycles. The van der Waals surface area contributed by atoms with Crippen LogP contribution in [0.5, 0.6) is 5.75 Å². The molecule has 0 saturated carbocycles. The minimum Gasteiger partial charge on any atom is -0.481 e. The van der Waals surface area contributed by atoms with Gasteiger partial charge in [-0.2, -0.15) is 0 Å². The van der Waals surface area contributed by atoms with Crippen molar-refractivity contribution in [2.24, 2.45) is 0 Å². The Bertz CT molecular complexity index is 643. The number of aromatic amines is 1. The fourth-order valence-electron chi connectivity index (χ4n) is 2.25. The monoisotopic (exact) mass is 244 g/mol. The number of nitrogens with one attached hydrogen (secondary N) is 1. The second-order valence-electron chi connectivity index (χ2n) is 4.76. The highest BCUT2D eigenvalue weighted by Gasteiger charge is 2.35. The van der Waals surface area contributed by atoms with Crippen LogP contribution in [0.1, 0.15) is 29.9 Å². The summed E-state index contributed by atoms with van der Waals surface area (Å²) in [4.78, 5) is 18.0. The summed E-state index contributed by atoms with van der Waals surface area (Å²) in [5, 5.41) is 9.07. The summed E-state index contributed by atoms with van der Waals surface area (Å²) in [7, 11) is 0. The van der Waals surface area contributed by atoms with Gasteiger partial charge in [0.15, 0.2) is 0 Å². The van der Waals surface area contributed by atoms with Gasteiger partial charge in [-0.25, -0.2) is 4.79 Å². The first kappa shape index (κ1) is 10.8. The number of pyridine rings is 1. The molecule has 3 rings (SSSR count). The Morgan fingerprint density at radius 1 is 1.50 bits per heavy atom. The highest BCUT2D eigenvalue weighted by Crippen LogP contribution is 2.44. The molecular weight excluding hydrogens is 232 g/mol. The second kappa shape index (κ2) is 3.35. The summed E-state index contributed by atoms with van der Waals surface area (Å²) < 4.78 is 5.86. The number of carbonyl (C=O) groups is 1. The van der Waals surface area contributed by atoms with Gasteiger partial charge in [0.1, 0.15) is 17.0 Å². The molecule has 2 aromatic rings. The fraction of sp³-hybridized carbons (Fsp3) is 0.231. The summed E-state index contributed by atoms with van der Waals surface area (Å²) in [6.07, 6.45) is 3.30. The third kappa shape index (κ3) is 1.40. The average Bonchev–Trinajstić information content (AvgIpc) is 2.74. The molecule has 0 saturated heterocycles. The van der Waals surface area contributed by atoms with E-state index in [0.29, 0.717) is 5.75 Å². The molecule has 5 heteroatoms. The van der Waals surface area contributed by atoms with Crippen LogP contribution in [0.3, 0.4) is 0 Å². The van der Waals surface area contributed by atoms with Gasteiger partial charge in [0.2, 0.25) is 0 Å². The molecule has 0 bridgehead atoms. The molecule has 0 spiro atoms. The normalized spacial score (nSPS) is 15.4. The molecule has 2 aromatic heterocycles. The number of ether oxygens (including phenoxy) is 1. The van der Waals surface area contributed by atoms with Crippen LogP contribution in [0.4, 0.5) is 0 Å². The van der Waals surface area contributed by atoms with E-state index in [1.54, 1.807) is 18.5 Å². The zero-order valence-corrected chi connectivity index (χ0v) is 10.0. The summed E-state index contributed by atoms with van der Waals surface area (Å²) in [5.41, 5.74) is 2.07. The predicted octanol–water partition coefficient (Wildman–Crippen LogP) is 2.40. The molecule has 0 aliphatic carbocycles. The fourth-order valence-corrected chi connectivity index (χ4v) is 2.25. The number of rotatable bonds is 1. The van der Waals surface area contributed by atoms with Crippen LogP contribution in [0.15, 0.2) is 24.5 Å². The molecule has 0 fully saturated rings. The lowest BCUT2D eigenvalue weighted by atomic mass is 9.92. The van der Waals surface area contributed by atoms with Gasteiger partial charge < -0.3 is 14.8 Å². The highest BCUT2D eigenvalue weighted by atomic mass is 16.5. The minimum absolute atomic E-state index is 0.168. The quantitative estimate of drug-likeness (QED) is 0.807. The first-order valence-electron chi connectivity index (χ1n) is 5.59. The first-order chi connectivity index (χ1) is 8.49. The molecule has 0 unspecified atom stereocenters. The predicted molar refractivity (Wildman–Crippen MR) is 64.6 cm³/mol. The number of carboxylic acid groups (broad SMARTS) is 1. The average molecular weight is 244 g/mol. The Labute approximate surface area is 103 Å². The van der Waals surface area contributed by atoms with E-state index in [4.69, 9.17) is 9.84 Å². The molecule has 0 radical (unpaired) electrons.